The normalized spacial score (nSPS) is 17.3. The molecular weight excluding hydrogens is 338 g/mol. The first kappa shape index (κ1) is 21.5. The molecule has 5 nitrogen and oxygen atoms in total. The number of piperidine rings is 1. The predicted octanol–water partition coefficient (Wildman–Crippen LogP) is 2.48. The molecule has 1 aromatic rings. The lowest BCUT2D eigenvalue weighted by atomic mass is 9.91. The summed E-state index contributed by atoms with van der Waals surface area (Å²) in [5.41, 5.74) is 6.44. The van der Waals surface area contributed by atoms with E-state index < -0.39 is 5.54 Å². The second-order valence-electron chi connectivity index (χ2n) is 6.94. The van der Waals surface area contributed by atoms with Crippen LogP contribution in [0.15, 0.2) is 30.3 Å². The Morgan fingerprint density at radius 1 is 1.24 bits per heavy atom. The van der Waals surface area contributed by atoms with Crippen molar-refractivity contribution >= 4 is 24.2 Å². The van der Waals surface area contributed by atoms with Crippen molar-refractivity contribution < 1.29 is 9.59 Å². The number of nitrogens with two attached hydrogens (primary N) is 1. The van der Waals surface area contributed by atoms with Gasteiger partial charge >= 0.3 is 0 Å². The van der Waals surface area contributed by atoms with E-state index in [9.17, 15) is 9.59 Å². The number of hydrogen-bond donors (Lipinski definition) is 2. The number of nitrogens with one attached hydrogen (secondary N) is 1. The van der Waals surface area contributed by atoms with Gasteiger partial charge in [0.05, 0.1) is 5.54 Å². The Labute approximate surface area is 156 Å². The second-order valence-corrected chi connectivity index (χ2v) is 6.94. The van der Waals surface area contributed by atoms with Gasteiger partial charge in [0.15, 0.2) is 0 Å². The largest absolute Gasteiger partial charge is 0.352 e. The Hall–Kier alpha value is -1.59. The molecule has 3 N–H and O–H groups in total. The third kappa shape index (κ3) is 6.01. The third-order valence-corrected chi connectivity index (χ3v) is 4.72. The number of benzene rings is 1. The molecule has 1 aliphatic heterocycles. The summed E-state index contributed by atoms with van der Waals surface area (Å²) in [7, 11) is 0. The summed E-state index contributed by atoms with van der Waals surface area (Å²) < 4.78 is 0. The molecule has 2 rings (SSSR count). The van der Waals surface area contributed by atoms with Crippen molar-refractivity contribution in [1.82, 2.24) is 10.2 Å². The van der Waals surface area contributed by atoms with Gasteiger partial charge in [-0.05, 0) is 31.7 Å². The number of carbonyl (C=O) groups is 2. The summed E-state index contributed by atoms with van der Waals surface area (Å²) in [5, 5.41) is 3.00. The highest BCUT2D eigenvalue weighted by molar-refractivity contribution is 5.86. The van der Waals surface area contributed by atoms with E-state index in [1.54, 1.807) is 6.92 Å². The van der Waals surface area contributed by atoms with Crippen LogP contribution >= 0.6 is 12.4 Å². The van der Waals surface area contributed by atoms with E-state index >= 15 is 0 Å². The van der Waals surface area contributed by atoms with Gasteiger partial charge in [0, 0.05) is 25.6 Å². The first-order chi connectivity index (χ1) is 11.4. The number of carbonyl (C=O) groups excluding carboxylic acids is 2. The van der Waals surface area contributed by atoms with E-state index in [4.69, 9.17) is 5.73 Å². The summed E-state index contributed by atoms with van der Waals surface area (Å²) in [6, 6.07) is 9.88. The van der Waals surface area contributed by atoms with Crippen LogP contribution in [0.5, 0.6) is 0 Å². The van der Waals surface area contributed by atoms with Crippen LogP contribution in [0.4, 0.5) is 0 Å². The van der Waals surface area contributed by atoms with E-state index in [1.807, 2.05) is 42.2 Å². The lowest BCUT2D eigenvalue weighted by Crippen LogP contribution is -2.55. The van der Waals surface area contributed by atoms with Crippen LogP contribution in [0.1, 0.15) is 45.1 Å². The Kier molecular flexibility index (Phi) is 8.39. The second kappa shape index (κ2) is 9.78. The molecule has 0 saturated carbocycles. The van der Waals surface area contributed by atoms with Crippen LogP contribution in [0.25, 0.3) is 0 Å². The lowest BCUT2D eigenvalue weighted by molar-refractivity contribution is -0.140. The summed E-state index contributed by atoms with van der Waals surface area (Å²) in [4.78, 5) is 26.6. The van der Waals surface area contributed by atoms with Crippen LogP contribution in [-0.4, -0.2) is 35.3 Å². The first-order valence-corrected chi connectivity index (χ1v) is 8.84. The zero-order valence-corrected chi connectivity index (χ0v) is 16.0. The minimum Gasteiger partial charge on any atom is -0.352 e. The molecular formula is C19H30ClN3O2. The summed E-state index contributed by atoms with van der Waals surface area (Å²) in [6.07, 6.45) is 2.98. The Morgan fingerprint density at radius 3 is 2.40 bits per heavy atom. The van der Waals surface area contributed by atoms with Gasteiger partial charge in [0.1, 0.15) is 0 Å². The average molecular weight is 368 g/mol. The molecule has 1 saturated heterocycles. The molecule has 0 bridgehead atoms. The van der Waals surface area contributed by atoms with Crippen molar-refractivity contribution in [3.05, 3.63) is 35.9 Å². The highest BCUT2D eigenvalue weighted by Gasteiger charge is 2.35. The van der Waals surface area contributed by atoms with E-state index in [-0.39, 0.29) is 30.1 Å². The van der Waals surface area contributed by atoms with Crippen LogP contribution in [0.2, 0.25) is 0 Å². The molecule has 1 heterocycles. The molecule has 2 amide bonds. The predicted molar refractivity (Wildman–Crippen MR) is 102 cm³/mol. The quantitative estimate of drug-likeness (QED) is 0.811. The van der Waals surface area contributed by atoms with Crippen LogP contribution in [0, 0.1) is 5.92 Å². The van der Waals surface area contributed by atoms with Crippen LogP contribution in [0.3, 0.4) is 0 Å². The minimum atomic E-state index is -0.794. The minimum absolute atomic E-state index is 0. The van der Waals surface area contributed by atoms with Crippen LogP contribution < -0.4 is 11.1 Å². The van der Waals surface area contributed by atoms with Gasteiger partial charge in [0.2, 0.25) is 11.8 Å². The molecule has 1 aromatic carbocycles. The number of hydrogen-bond acceptors (Lipinski definition) is 3. The summed E-state index contributed by atoms with van der Waals surface area (Å²) in [5.74, 6) is 0.0653. The number of likely N-dealkylation sites (tertiary alicyclic amines) is 1. The van der Waals surface area contributed by atoms with E-state index in [0.29, 0.717) is 38.9 Å². The fourth-order valence-corrected chi connectivity index (χ4v) is 3.26. The van der Waals surface area contributed by atoms with E-state index in [2.05, 4.69) is 5.32 Å². The van der Waals surface area contributed by atoms with Crippen molar-refractivity contribution in [3.8, 4) is 0 Å². The molecule has 1 aliphatic rings. The van der Waals surface area contributed by atoms with E-state index in [0.717, 1.165) is 12.0 Å². The van der Waals surface area contributed by atoms with Crippen molar-refractivity contribution in [3.63, 3.8) is 0 Å². The smallest absolute Gasteiger partial charge is 0.242 e. The number of amides is 2. The van der Waals surface area contributed by atoms with E-state index in [1.165, 1.54) is 0 Å². The van der Waals surface area contributed by atoms with Crippen molar-refractivity contribution in [2.75, 3.05) is 13.1 Å². The van der Waals surface area contributed by atoms with Crippen LogP contribution in [-0.2, 0) is 16.1 Å². The molecule has 0 aromatic heterocycles. The Morgan fingerprint density at radius 2 is 1.84 bits per heavy atom. The maximum atomic E-state index is 12.5. The van der Waals surface area contributed by atoms with Crippen molar-refractivity contribution in [2.24, 2.45) is 11.7 Å². The number of nitrogens with zero attached hydrogens (tertiary/aromatic N) is 1. The molecule has 6 heteroatoms. The van der Waals surface area contributed by atoms with Crippen molar-refractivity contribution in [2.45, 2.75) is 51.6 Å². The molecule has 25 heavy (non-hydrogen) atoms. The molecule has 0 spiro atoms. The Balaban J connectivity index is 0.00000312. The molecule has 1 fully saturated rings. The topological polar surface area (TPSA) is 75.4 Å². The highest BCUT2D eigenvalue weighted by atomic mass is 35.5. The SMILES string of the molecule is CCCC(C)(N)C(=O)N1CCC(C(=O)NCc2ccccc2)CC1.Cl. The van der Waals surface area contributed by atoms with Crippen molar-refractivity contribution in [1.29, 1.82) is 0 Å². The zero-order valence-electron chi connectivity index (χ0n) is 15.2. The Bertz CT molecular complexity index is 555. The molecule has 0 aliphatic carbocycles. The van der Waals surface area contributed by atoms with Gasteiger partial charge in [-0.1, -0.05) is 43.7 Å². The molecule has 1 atom stereocenters. The lowest BCUT2D eigenvalue weighted by Gasteiger charge is -2.36. The van der Waals surface area contributed by atoms with Gasteiger partial charge < -0.3 is 16.0 Å². The van der Waals surface area contributed by atoms with Gasteiger partial charge in [0.25, 0.3) is 0 Å². The van der Waals surface area contributed by atoms with Gasteiger partial charge in [-0.25, -0.2) is 0 Å². The summed E-state index contributed by atoms with van der Waals surface area (Å²) >= 11 is 0. The standard InChI is InChI=1S/C19H29N3O2.ClH/c1-3-11-19(2,20)18(24)22-12-9-16(10-13-22)17(23)21-14-15-7-5-4-6-8-15;/h4-8,16H,3,9-14,20H2,1-2H3,(H,21,23);1H. The first-order valence-electron chi connectivity index (χ1n) is 8.84. The molecule has 1 unspecified atom stereocenters. The molecule has 140 valence electrons. The number of halogens is 1. The van der Waals surface area contributed by atoms with Gasteiger partial charge in [-0.15, -0.1) is 12.4 Å². The fraction of sp³-hybridized carbons (Fsp3) is 0.579. The number of rotatable bonds is 6. The monoisotopic (exact) mass is 367 g/mol. The zero-order chi connectivity index (χ0) is 17.6. The third-order valence-electron chi connectivity index (χ3n) is 4.72. The average Bonchev–Trinajstić information content (AvgIpc) is 2.60. The maximum absolute atomic E-state index is 12.5. The highest BCUT2D eigenvalue weighted by Crippen LogP contribution is 2.21. The van der Waals surface area contributed by atoms with Gasteiger partial charge in [-0.3, -0.25) is 9.59 Å². The summed E-state index contributed by atoms with van der Waals surface area (Å²) in [6.45, 7) is 5.60. The fourth-order valence-electron chi connectivity index (χ4n) is 3.26. The van der Waals surface area contributed by atoms with Gasteiger partial charge in [-0.2, -0.15) is 0 Å². The maximum Gasteiger partial charge on any atom is 0.242 e. The molecule has 0 radical (unpaired) electrons.